The van der Waals surface area contributed by atoms with Gasteiger partial charge in [0.15, 0.2) is 0 Å². The molecule has 0 fully saturated rings. The Kier molecular flexibility index (Phi) is 4.83. The number of rotatable bonds is 2. The van der Waals surface area contributed by atoms with E-state index in [1.165, 1.54) is 12.1 Å². The Morgan fingerprint density at radius 3 is 2.54 bits per heavy atom. The van der Waals surface area contributed by atoms with Crippen LogP contribution in [-0.4, -0.2) is 16.3 Å². The van der Waals surface area contributed by atoms with Gasteiger partial charge >= 0.3 is 6.18 Å². The SMILES string of the molecule is Cc1ccc(Cl)cc1-n1nc(-c2ccc(C(F)(F)F)cc2)c2c1NCCCC2. The zero-order valence-corrected chi connectivity index (χ0v) is 16.0. The third-order valence-electron chi connectivity index (χ3n) is 5.01. The van der Waals surface area contributed by atoms with E-state index in [4.69, 9.17) is 16.7 Å². The summed E-state index contributed by atoms with van der Waals surface area (Å²) in [6.45, 7) is 2.80. The molecule has 0 saturated carbocycles. The predicted octanol–water partition coefficient (Wildman–Crippen LogP) is 6.27. The van der Waals surface area contributed by atoms with Gasteiger partial charge in [-0.3, -0.25) is 0 Å². The van der Waals surface area contributed by atoms with Gasteiger partial charge in [0.05, 0.1) is 16.9 Å². The Balaban J connectivity index is 1.87. The average Bonchev–Trinajstić information content (AvgIpc) is 2.84. The summed E-state index contributed by atoms with van der Waals surface area (Å²) in [5.74, 6) is 0.887. The number of hydrogen-bond donors (Lipinski definition) is 1. The van der Waals surface area contributed by atoms with Crippen molar-refractivity contribution in [2.45, 2.75) is 32.4 Å². The highest BCUT2D eigenvalue weighted by molar-refractivity contribution is 6.30. The third-order valence-corrected chi connectivity index (χ3v) is 5.25. The van der Waals surface area contributed by atoms with Crippen LogP contribution in [0.15, 0.2) is 42.5 Å². The second-order valence-electron chi connectivity index (χ2n) is 6.98. The molecule has 3 aromatic rings. The van der Waals surface area contributed by atoms with Crippen molar-refractivity contribution in [1.29, 1.82) is 0 Å². The Morgan fingerprint density at radius 2 is 1.82 bits per heavy atom. The van der Waals surface area contributed by atoms with Crippen LogP contribution in [0.3, 0.4) is 0 Å². The number of aryl methyl sites for hydroxylation is 1. The summed E-state index contributed by atoms with van der Waals surface area (Å²) in [4.78, 5) is 0. The number of anilines is 1. The van der Waals surface area contributed by atoms with Crippen LogP contribution in [0.5, 0.6) is 0 Å². The van der Waals surface area contributed by atoms with Gasteiger partial charge in [0.2, 0.25) is 0 Å². The quantitative estimate of drug-likeness (QED) is 0.544. The maximum atomic E-state index is 12.9. The van der Waals surface area contributed by atoms with Crippen molar-refractivity contribution in [3.05, 3.63) is 64.2 Å². The molecule has 1 aromatic heterocycles. The molecule has 0 unspecified atom stereocenters. The van der Waals surface area contributed by atoms with E-state index in [1.807, 2.05) is 29.8 Å². The van der Waals surface area contributed by atoms with Crippen molar-refractivity contribution in [3.63, 3.8) is 0 Å². The molecule has 1 N–H and O–H groups in total. The molecule has 0 spiro atoms. The maximum absolute atomic E-state index is 12.9. The molecule has 4 rings (SSSR count). The van der Waals surface area contributed by atoms with Crippen molar-refractivity contribution in [3.8, 4) is 16.9 Å². The number of nitrogens with zero attached hydrogens (tertiary/aromatic N) is 2. The van der Waals surface area contributed by atoms with Gasteiger partial charge in [0.25, 0.3) is 0 Å². The van der Waals surface area contributed by atoms with Crippen molar-refractivity contribution in [2.24, 2.45) is 0 Å². The van der Waals surface area contributed by atoms with Crippen LogP contribution in [0.25, 0.3) is 16.9 Å². The van der Waals surface area contributed by atoms with Crippen LogP contribution in [0.1, 0.15) is 29.5 Å². The summed E-state index contributed by atoms with van der Waals surface area (Å²) in [7, 11) is 0. The molecule has 28 heavy (non-hydrogen) atoms. The molecule has 1 aliphatic rings. The van der Waals surface area contributed by atoms with Crippen LogP contribution in [-0.2, 0) is 12.6 Å². The summed E-state index contributed by atoms with van der Waals surface area (Å²) in [5, 5.41) is 8.83. The number of halogens is 4. The maximum Gasteiger partial charge on any atom is 0.416 e. The number of fused-ring (bicyclic) bond motifs is 1. The van der Waals surface area contributed by atoms with Gasteiger partial charge in [0.1, 0.15) is 5.82 Å². The summed E-state index contributed by atoms with van der Waals surface area (Å²) in [6.07, 6.45) is -1.52. The first-order chi connectivity index (χ1) is 13.3. The molecule has 2 heterocycles. The largest absolute Gasteiger partial charge is 0.416 e. The Labute approximate surface area is 166 Å². The minimum absolute atomic E-state index is 0.606. The van der Waals surface area contributed by atoms with Gasteiger partial charge in [-0.25, -0.2) is 4.68 Å². The van der Waals surface area contributed by atoms with E-state index in [1.54, 1.807) is 0 Å². The van der Waals surface area contributed by atoms with E-state index >= 15 is 0 Å². The fraction of sp³-hybridized carbons (Fsp3) is 0.286. The fourth-order valence-corrected chi connectivity index (χ4v) is 3.70. The minimum atomic E-state index is -4.35. The summed E-state index contributed by atoms with van der Waals surface area (Å²) >= 11 is 6.20. The molecule has 0 bridgehead atoms. The van der Waals surface area contributed by atoms with Gasteiger partial charge in [-0.15, -0.1) is 0 Å². The van der Waals surface area contributed by atoms with E-state index in [9.17, 15) is 13.2 Å². The normalized spacial score (nSPS) is 14.3. The Morgan fingerprint density at radius 1 is 1.07 bits per heavy atom. The zero-order chi connectivity index (χ0) is 19.9. The number of hydrogen-bond acceptors (Lipinski definition) is 2. The van der Waals surface area contributed by atoms with Gasteiger partial charge in [0, 0.05) is 22.7 Å². The second kappa shape index (κ2) is 7.17. The highest BCUT2D eigenvalue weighted by Gasteiger charge is 2.30. The monoisotopic (exact) mass is 405 g/mol. The molecule has 0 radical (unpaired) electrons. The predicted molar refractivity (Wildman–Crippen MR) is 105 cm³/mol. The molecule has 1 aliphatic heterocycles. The molecular weight excluding hydrogens is 387 g/mol. The summed E-state index contributed by atoms with van der Waals surface area (Å²) < 4.78 is 40.6. The standard InChI is InChI=1S/C21H19ClF3N3/c1-13-5-10-16(22)12-18(13)28-20-17(4-2-3-11-26-20)19(27-28)14-6-8-15(9-7-14)21(23,24)25/h5-10,12,26H,2-4,11H2,1H3. The van der Waals surface area contributed by atoms with Crippen molar-refractivity contribution >= 4 is 17.4 Å². The first kappa shape index (κ1) is 18.9. The lowest BCUT2D eigenvalue weighted by molar-refractivity contribution is -0.137. The van der Waals surface area contributed by atoms with Crippen LogP contribution in [0, 0.1) is 6.92 Å². The molecule has 146 valence electrons. The van der Waals surface area contributed by atoms with E-state index in [0.29, 0.717) is 16.3 Å². The average molecular weight is 406 g/mol. The number of benzene rings is 2. The lowest BCUT2D eigenvalue weighted by atomic mass is 10.0. The molecule has 2 aromatic carbocycles. The zero-order valence-electron chi connectivity index (χ0n) is 15.3. The van der Waals surface area contributed by atoms with E-state index < -0.39 is 11.7 Å². The number of nitrogens with one attached hydrogen (secondary N) is 1. The van der Waals surface area contributed by atoms with Crippen molar-refractivity contribution < 1.29 is 13.2 Å². The first-order valence-electron chi connectivity index (χ1n) is 9.14. The first-order valence-corrected chi connectivity index (χ1v) is 9.52. The van der Waals surface area contributed by atoms with Crippen LogP contribution in [0.4, 0.5) is 19.0 Å². The van der Waals surface area contributed by atoms with E-state index in [-0.39, 0.29) is 0 Å². The number of alkyl halides is 3. The van der Waals surface area contributed by atoms with Gasteiger partial charge < -0.3 is 5.32 Å². The summed E-state index contributed by atoms with van der Waals surface area (Å²) in [6, 6.07) is 10.8. The second-order valence-corrected chi connectivity index (χ2v) is 7.41. The van der Waals surface area contributed by atoms with Gasteiger partial charge in [-0.05, 0) is 56.0 Å². The molecule has 3 nitrogen and oxygen atoms in total. The highest BCUT2D eigenvalue weighted by Crippen LogP contribution is 2.36. The summed E-state index contributed by atoms with van der Waals surface area (Å²) in [5.41, 5.74) is 3.61. The minimum Gasteiger partial charge on any atom is -0.370 e. The van der Waals surface area contributed by atoms with Crippen molar-refractivity contribution in [2.75, 3.05) is 11.9 Å². The van der Waals surface area contributed by atoms with Gasteiger partial charge in [-0.1, -0.05) is 29.8 Å². The van der Waals surface area contributed by atoms with Crippen LogP contribution >= 0.6 is 11.6 Å². The smallest absolute Gasteiger partial charge is 0.370 e. The number of aromatic nitrogens is 2. The van der Waals surface area contributed by atoms with Crippen molar-refractivity contribution in [1.82, 2.24) is 9.78 Å². The molecule has 0 saturated heterocycles. The van der Waals surface area contributed by atoms with Crippen LogP contribution in [0.2, 0.25) is 5.02 Å². The molecule has 0 amide bonds. The third kappa shape index (κ3) is 3.49. The Bertz CT molecular complexity index is 1010. The Hall–Kier alpha value is -2.47. The molecule has 0 aliphatic carbocycles. The lowest BCUT2D eigenvalue weighted by Gasteiger charge is -2.12. The van der Waals surface area contributed by atoms with E-state index in [0.717, 1.165) is 60.6 Å². The highest BCUT2D eigenvalue weighted by atomic mass is 35.5. The fourth-order valence-electron chi connectivity index (χ4n) is 3.54. The van der Waals surface area contributed by atoms with Gasteiger partial charge in [-0.2, -0.15) is 18.3 Å². The van der Waals surface area contributed by atoms with Crippen LogP contribution < -0.4 is 5.32 Å². The van der Waals surface area contributed by atoms with E-state index in [2.05, 4.69) is 5.32 Å². The molecular formula is C21H19ClF3N3. The molecule has 7 heteroatoms. The molecule has 0 atom stereocenters. The lowest BCUT2D eigenvalue weighted by Crippen LogP contribution is -2.08. The topological polar surface area (TPSA) is 29.9 Å².